The molecular weight excluding hydrogens is 593 g/mol. The van der Waals surface area contributed by atoms with Gasteiger partial charge in [0.2, 0.25) is 0 Å². The fraction of sp³-hybridized carbons (Fsp3) is 0.444. The zero-order valence-corrected chi connectivity index (χ0v) is 26.7. The van der Waals surface area contributed by atoms with Crippen molar-refractivity contribution in [3.63, 3.8) is 0 Å². The molecule has 7 nitrogen and oxygen atoms in total. The quantitative estimate of drug-likeness (QED) is 0.0896. The Balaban J connectivity index is 1.38. The summed E-state index contributed by atoms with van der Waals surface area (Å²) in [6.07, 6.45) is 3.20. The molecule has 0 radical (unpaired) electrons. The van der Waals surface area contributed by atoms with E-state index in [9.17, 15) is 23.2 Å². The molecule has 2 aromatic rings. The second kappa shape index (κ2) is 16.5. The topological polar surface area (TPSA) is 77.6 Å². The van der Waals surface area contributed by atoms with Crippen LogP contribution in [0.15, 0.2) is 89.7 Å². The highest BCUT2D eigenvalue weighted by Gasteiger charge is 2.50. The number of unbranched alkanes of at least 4 members (excludes halogenated alkanes) is 2. The van der Waals surface area contributed by atoms with Crippen LogP contribution in [0.5, 0.6) is 5.75 Å². The highest BCUT2D eigenvalue weighted by Crippen LogP contribution is 2.44. The Morgan fingerprint density at radius 3 is 2.43 bits per heavy atom. The number of rotatable bonds is 17. The number of nitriles is 1. The van der Waals surface area contributed by atoms with Gasteiger partial charge in [-0.3, -0.25) is 0 Å². The van der Waals surface area contributed by atoms with E-state index in [1.165, 1.54) is 12.2 Å². The summed E-state index contributed by atoms with van der Waals surface area (Å²) in [5, 5.41) is 12.8. The van der Waals surface area contributed by atoms with Crippen LogP contribution in [0.25, 0.3) is 0 Å². The summed E-state index contributed by atoms with van der Waals surface area (Å²) in [4.78, 5) is 17.6. The van der Waals surface area contributed by atoms with Crippen molar-refractivity contribution in [2.75, 3.05) is 39.9 Å². The maximum atomic E-state index is 13.5. The standard InChI is InChI=1S/C36H43F3N4O3/c1-4-45-35(44)33(26(2)43-31-19-18-29(24-32(31)43)36(37,38)39)34(28-16-14-27(25-40)15-17-28)41-20-9-6-10-21-42(3)22-11-23-46-30-12-7-5-8-13-30/h5,7-8,12-19,24,31-32,34,41H,4,6,9-11,20-23H2,1-3H3/b33-26+/t31?,32?,34-,43?/m1/s1. The molecule has 0 spiro atoms. The van der Waals surface area contributed by atoms with Crippen LogP contribution in [0.4, 0.5) is 13.2 Å². The largest absolute Gasteiger partial charge is 0.494 e. The maximum absolute atomic E-state index is 13.5. The highest BCUT2D eigenvalue weighted by molar-refractivity contribution is 5.91. The Labute approximate surface area is 270 Å². The number of alkyl halides is 3. The number of carbonyl (C=O) groups excluding carboxylic acids is 1. The lowest BCUT2D eigenvalue weighted by Crippen LogP contribution is -2.30. The van der Waals surface area contributed by atoms with Crippen molar-refractivity contribution in [2.45, 2.75) is 63.8 Å². The number of allylic oxidation sites excluding steroid dienone is 3. The van der Waals surface area contributed by atoms with Crippen molar-refractivity contribution in [1.82, 2.24) is 15.1 Å². The first kappa shape index (κ1) is 34.8. The van der Waals surface area contributed by atoms with E-state index >= 15 is 0 Å². The molecular formula is C36H43F3N4O3. The molecule has 0 amide bonds. The molecule has 1 heterocycles. The normalized spacial score (nSPS) is 18.3. The number of nitrogens with one attached hydrogen (secondary N) is 1. The minimum absolute atomic E-state index is 0.159. The number of hydrogen-bond acceptors (Lipinski definition) is 7. The number of para-hydroxylation sites is 1. The van der Waals surface area contributed by atoms with Gasteiger partial charge < -0.3 is 24.6 Å². The van der Waals surface area contributed by atoms with Gasteiger partial charge >= 0.3 is 12.1 Å². The van der Waals surface area contributed by atoms with E-state index in [1.807, 2.05) is 35.2 Å². The summed E-state index contributed by atoms with van der Waals surface area (Å²) in [5.41, 5.74) is 1.50. The third-order valence-electron chi connectivity index (χ3n) is 8.25. The number of nitrogens with zero attached hydrogens (tertiary/aromatic N) is 3. The van der Waals surface area contributed by atoms with Crippen LogP contribution < -0.4 is 10.1 Å². The predicted molar refractivity (Wildman–Crippen MR) is 172 cm³/mol. The summed E-state index contributed by atoms with van der Waals surface area (Å²) in [6.45, 7) is 6.81. The molecule has 1 N–H and O–H groups in total. The minimum Gasteiger partial charge on any atom is -0.494 e. The summed E-state index contributed by atoms with van der Waals surface area (Å²) in [5.74, 6) is 0.359. The molecule has 2 aromatic carbocycles. The van der Waals surface area contributed by atoms with Gasteiger partial charge in [0.05, 0.1) is 54.1 Å². The molecule has 4 rings (SSSR count). The molecule has 1 aliphatic heterocycles. The Bertz CT molecular complexity index is 1430. The highest BCUT2D eigenvalue weighted by atomic mass is 19.4. The van der Waals surface area contributed by atoms with Crippen LogP contribution in [-0.2, 0) is 9.53 Å². The van der Waals surface area contributed by atoms with Gasteiger partial charge in [0.1, 0.15) is 5.75 Å². The molecule has 3 atom stereocenters. The van der Waals surface area contributed by atoms with E-state index in [4.69, 9.17) is 9.47 Å². The van der Waals surface area contributed by atoms with E-state index in [0.29, 0.717) is 30.0 Å². The summed E-state index contributed by atoms with van der Waals surface area (Å²) >= 11 is 0. The molecule has 0 saturated carbocycles. The third kappa shape index (κ3) is 9.47. The van der Waals surface area contributed by atoms with Crippen molar-refractivity contribution in [2.24, 2.45) is 0 Å². The number of fused-ring (bicyclic) bond motifs is 1. The molecule has 0 aromatic heterocycles. The van der Waals surface area contributed by atoms with Gasteiger partial charge in [0.15, 0.2) is 0 Å². The number of esters is 1. The summed E-state index contributed by atoms with van der Waals surface area (Å²) in [6, 6.07) is 17.6. The van der Waals surface area contributed by atoms with Gasteiger partial charge in [0.25, 0.3) is 0 Å². The SMILES string of the molecule is CCOC(=O)/C(=C(\C)N1C2C=CC(C(F)(F)F)=CC21)[C@H](NCCCCCN(C)CCCOc1ccccc1)c1ccc(C#N)cc1. The lowest BCUT2D eigenvalue weighted by Gasteiger charge is -2.25. The van der Waals surface area contributed by atoms with Crippen LogP contribution in [0.3, 0.4) is 0 Å². The molecule has 46 heavy (non-hydrogen) atoms. The maximum Gasteiger partial charge on any atom is 0.416 e. The van der Waals surface area contributed by atoms with Gasteiger partial charge in [0, 0.05) is 12.2 Å². The lowest BCUT2D eigenvalue weighted by molar-refractivity contribution is -0.139. The van der Waals surface area contributed by atoms with Crippen LogP contribution >= 0.6 is 0 Å². The van der Waals surface area contributed by atoms with Crippen molar-refractivity contribution in [1.29, 1.82) is 5.26 Å². The fourth-order valence-corrected chi connectivity index (χ4v) is 5.77. The molecule has 2 aliphatic rings. The monoisotopic (exact) mass is 636 g/mol. The number of halogens is 3. The molecule has 1 saturated heterocycles. The number of benzene rings is 2. The fourth-order valence-electron chi connectivity index (χ4n) is 5.77. The lowest BCUT2D eigenvalue weighted by atomic mass is 9.95. The van der Waals surface area contributed by atoms with Crippen molar-refractivity contribution >= 4 is 5.97 Å². The van der Waals surface area contributed by atoms with Gasteiger partial charge in [-0.15, -0.1) is 0 Å². The second-order valence-corrected chi connectivity index (χ2v) is 11.6. The average molecular weight is 637 g/mol. The first-order valence-corrected chi connectivity index (χ1v) is 15.9. The van der Waals surface area contributed by atoms with Gasteiger partial charge in [-0.2, -0.15) is 18.4 Å². The van der Waals surface area contributed by atoms with Gasteiger partial charge in [-0.1, -0.05) is 48.9 Å². The van der Waals surface area contributed by atoms with E-state index in [2.05, 4.69) is 23.3 Å². The van der Waals surface area contributed by atoms with Crippen LogP contribution in [0.1, 0.15) is 56.7 Å². The van der Waals surface area contributed by atoms with Crippen molar-refractivity contribution in [3.8, 4) is 11.8 Å². The zero-order chi connectivity index (χ0) is 33.1. The van der Waals surface area contributed by atoms with Gasteiger partial charge in [-0.05, 0) is 89.2 Å². The minimum atomic E-state index is -4.44. The predicted octanol–water partition coefficient (Wildman–Crippen LogP) is 6.71. The molecule has 10 heteroatoms. The summed E-state index contributed by atoms with van der Waals surface area (Å²) < 4.78 is 51.4. The Kier molecular flexibility index (Phi) is 12.5. The van der Waals surface area contributed by atoms with E-state index in [-0.39, 0.29) is 12.6 Å². The second-order valence-electron chi connectivity index (χ2n) is 11.6. The van der Waals surface area contributed by atoms with Crippen LogP contribution in [-0.4, -0.2) is 73.9 Å². The van der Waals surface area contributed by atoms with Crippen LogP contribution in [0.2, 0.25) is 0 Å². The molecule has 246 valence electrons. The third-order valence-corrected chi connectivity index (χ3v) is 8.25. The smallest absolute Gasteiger partial charge is 0.416 e. The molecule has 2 unspecified atom stereocenters. The van der Waals surface area contributed by atoms with Crippen molar-refractivity contribution in [3.05, 3.63) is 101 Å². The Morgan fingerprint density at radius 1 is 1.04 bits per heavy atom. The Morgan fingerprint density at radius 2 is 1.76 bits per heavy atom. The average Bonchev–Trinajstić information content (AvgIpc) is 3.78. The number of hydrogen-bond donors (Lipinski definition) is 1. The van der Waals surface area contributed by atoms with Gasteiger partial charge in [-0.25, -0.2) is 4.79 Å². The molecule has 0 bridgehead atoms. The van der Waals surface area contributed by atoms with Crippen LogP contribution in [0, 0.1) is 11.3 Å². The number of carbonyl (C=O) groups is 1. The molecule has 1 aliphatic carbocycles. The zero-order valence-electron chi connectivity index (χ0n) is 26.7. The van der Waals surface area contributed by atoms with E-state index in [1.54, 1.807) is 38.1 Å². The first-order chi connectivity index (χ1) is 22.1. The van der Waals surface area contributed by atoms with E-state index in [0.717, 1.165) is 56.2 Å². The Hall–Kier alpha value is -4.07. The van der Waals surface area contributed by atoms with Crippen molar-refractivity contribution < 1.29 is 27.4 Å². The number of ether oxygens (including phenoxy) is 2. The first-order valence-electron chi connectivity index (χ1n) is 15.9. The van der Waals surface area contributed by atoms with E-state index < -0.39 is 29.8 Å². The molecule has 1 fully saturated rings. The summed E-state index contributed by atoms with van der Waals surface area (Å²) in [7, 11) is 2.10.